The fourth-order valence-corrected chi connectivity index (χ4v) is 2.03. The summed E-state index contributed by atoms with van der Waals surface area (Å²) in [6.45, 7) is 1.93. The van der Waals surface area contributed by atoms with E-state index in [1.165, 1.54) is 0 Å². The summed E-state index contributed by atoms with van der Waals surface area (Å²) in [6, 6.07) is 11.8. The van der Waals surface area contributed by atoms with Crippen LogP contribution in [0.1, 0.15) is 5.82 Å². The third-order valence-electron chi connectivity index (χ3n) is 2.73. The largest absolute Gasteiger partial charge is 0.286 e. The van der Waals surface area contributed by atoms with Crippen LogP contribution >= 0.6 is 11.6 Å². The van der Waals surface area contributed by atoms with Crippen molar-refractivity contribution in [3.8, 4) is 11.1 Å². The molecule has 0 aliphatic carbocycles. The van der Waals surface area contributed by atoms with Gasteiger partial charge in [-0.05, 0) is 42.3 Å². The van der Waals surface area contributed by atoms with Crippen LogP contribution < -0.4 is 0 Å². The quantitative estimate of drug-likeness (QED) is 0.656. The van der Waals surface area contributed by atoms with Crippen LogP contribution in [-0.4, -0.2) is 14.6 Å². The molecule has 2 aromatic heterocycles. The summed E-state index contributed by atoms with van der Waals surface area (Å²) in [5.74, 6) is 0.879. The lowest BCUT2D eigenvalue weighted by atomic mass is 10.1. The molecular formula is C13H10ClN3. The molecule has 2 heterocycles. The average Bonchev–Trinajstić information content (AvgIpc) is 2.71. The number of hydrogen-bond acceptors (Lipinski definition) is 2. The van der Waals surface area contributed by atoms with Gasteiger partial charge < -0.3 is 0 Å². The summed E-state index contributed by atoms with van der Waals surface area (Å²) in [7, 11) is 0. The lowest BCUT2D eigenvalue weighted by Gasteiger charge is -2.03. The van der Waals surface area contributed by atoms with Crippen molar-refractivity contribution in [3.63, 3.8) is 0 Å². The zero-order valence-corrected chi connectivity index (χ0v) is 10.0. The van der Waals surface area contributed by atoms with Crippen molar-refractivity contribution in [1.82, 2.24) is 14.6 Å². The lowest BCUT2D eigenvalue weighted by molar-refractivity contribution is 1.01. The van der Waals surface area contributed by atoms with Crippen molar-refractivity contribution in [1.29, 1.82) is 0 Å². The monoisotopic (exact) mass is 243 g/mol. The van der Waals surface area contributed by atoms with Gasteiger partial charge in [-0.15, -0.1) is 10.2 Å². The third-order valence-corrected chi connectivity index (χ3v) is 2.97. The standard InChI is InChI=1S/C13H10ClN3/c1-9-15-16-13-6-5-11(8-17(9)13)10-3-2-4-12(14)7-10/h2-8H,1H3. The van der Waals surface area contributed by atoms with E-state index in [-0.39, 0.29) is 0 Å². The fraction of sp³-hybridized carbons (Fsp3) is 0.0769. The molecule has 4 heteroatoms. The van der Waals surface area contributed by atoms with Gasteiger partial charge in [-0.2, -0.15) is 0 Å². The summed E-state index contributed by atoms with van der Waals surface area (Å²) in [5.41, 5.74) is 3.05. The summed E-state index contributed by atoms with van der Waals surface area (Å²) < 4.78 is 1.97. The maximum atomic E-state index is 5.99. The Morgan fingerprint density at radius 2 is 1.94 bits per heavy atom. The minimum absolute atomic E-state index is 0.739. The van der Waals surface area contributed by atoms with E-state index in [4.69, 9.17) is 11.6 Å². The molecule has 17 heavy (non-hydrogen) atoms. The second-order valence-corrected chi connectivity index (χ2v) is 4.34. The number of nitrogens with zero attached hydrogens (tertiary/aromatic N) is 3. The predicted molar refractivity (Wildman–Crippen MR) is 68.2 cm³/mol. The predicted octanol–water partition coefficient (Wildman–Crippen LogP) is 3.36. The Kier molecular flexibility index (Phi) is 2.34. The van der Waals surface area contributed by atoms with E-state index in [1.54, 1.807) is 0 Å². The van der Waals surface area contributed by atoms with Gasteiger partial charge >= 0.3 is 0 Å². The van der Waals surface area contributed by atoms with Gasteiger partial charge in [0, 0.05) is 11.2 Å². The first-order valence-corrected chi connectivity index (χ1v) is 5.69. The zero-order chi connectivity index (χ0) is 11.8. The van der Waals surface area contributed by atoms with Gasteiger partial charge in [0.1, 0.15) is 5.82 Å². The molecule has 0 amide bonds. The maximum Gasteiger partial charge on any atom is 0.160 e. The smallest absolute Gasteiger partial charge is 0.160 e. The van der Waals surface area contributed by atoms with Crippen molar-refractivity contribution in [3.05, 3.63) is 53.4 Å². The molecule has 0 radical (unpaired) electrons. The van der Waals surface area contributed by atoms with E-state index in [0.717, 1.165) is 27.6 Å². The topological polar surface area (TPSA) is 30.2 Å². The number of fused-ring (bicyclic) bond motifs is 1. The highest BCUT2D eigenvalue weighted by Gasteiger charge is 2.03. The van der Waals surface area contributed by atoms with E-state index in [1.807, 2.05) is 53.9 Å². The molecule has 0 aliphatic heterocycles. The van der Waals surface area contributed by atoms with E-state index in [0.29, 0.717) is 0 Å². The van der Waals surface area contributed by atoms with Crippen LogP contribution in [0.4, 0.5) is 0 Å². The van der Waals surface area contributed by atoms with E-state index in [9.17, 15) is 0 Å². The van der Waals surface area contributed by atoms with Gasteiger partial charge in [-0.3, -0.25) is 4.40 Å². The first-order chi connectivity index (χ1) is 8.24. The molecule has 1 aromatic carbocycles. The Hall–Kier alpha value is -1.87. The normalized spacial score (nSPS) is 10.9. The minimum atomic E-state index is 0.739. The molecule has 0 N–H and O–H groups in total. The van der Waals surface area contributed by atoms with Crippen LogP contribution in [0.5, 0.6) is 0 Å². The molecular weight excluding hydrogens is 234 g/mol. The average molecular weight is 244 g/mol. The van der Waals surface area contributed by atoms with Crippen LogP contribution in [0, 0.1) is 6.92 Å². The van der Waals surface area contributed by atoms with Crippen LogP contribution in [0.15, 0.2) is 42.6 Å². The minimum Gasteiger partial charge on any atom is -0.286 e. The fourth-order valence-electron chi connectivity index (χ4n) is 1.84. The number of aryl methyl sites for hydroxylation is 1. The molecule has 0 spiro atoms. The number of aromatic nitrogens is 3. The number of pyridine rings is 1. The number of rotatable bonds is 1. The SMILES string of the molecule is Cc1nnc2ccc(-c3cccc(Cl)c3)cn12. The molecule has 84 valence electrons. The molecule has 0 fully saturated rings. The Morgan fingerprint density at radius 3 is 2.76 bits per heavy atom. The van der Waals surface area contributed by atoms with Crippen molar-refractivity contribution >= 4 is 17.2 Å². The van der Waals surface area contributed by atoms with Crippen molar-refractivity contribution in [2.45, 2.75) is 6.92 Å². The van der Waals surface area contributed by atoms with Gasteiger partial charge in [0.25, 0.3) is 0 Å². The highest BCUT2D eigenvalue weighted by Crippen LogP contribution is 2.23. The summed E-state index contributed by atoms with van der Waals surface area (Å²) in [4.78, 5) is 0. The Morgan fingerprint density at radius 1 is 1.06 bits per heavy atom. The first-order valence-electron chi connectivity index (χ1n) is 5.31. The molecule has 3 aromatic rings. The molecule has 0 unspecified atom stereocenters. The van der Waals surface area contributed by atoms with Crippen LogP contribution in [0.2, 0.25) is 5.02 Å². The first kappa shape index (κ1) is 10.3. The van der Waals surface area contributed by atoms with Crippen LogP contribution in [-0.2, 0) is 0 Å². The van der Waals surface area contributed by atoms with Crippen molar-refractivity contribution in [2.75, 3.05) is 0 Å². The molecule has 0 atom stereocenters. The van der Waals surface area contributed by atoms with Gasteiger partial charge in [0.15, 0.2) is 5.65 Å². The van der Waals surface area contributed by atoms with Crippen molar-refractivity contribution in [2.24, 2.45) is 0 Å². The highest BCUT2D eigenvalue weighted by molar-refractivity contribution is 6.30. The second kappa shape index (κ2) is 3.86. The molecule has 0 aliphatic rings. The maximum absolute atomic E-state index is 5.99. The molecule has 3 nitrogen and oxygen atoms in total. The molecule has 3 rings (SSSR count). The van der Waals surface area contributed by atoms with Gasteiger partial charge in [0.2, 0.25) is 0 Å². The Bertz CT molecular complexity index is 688. The highest BCUT2D eigenvalue weighted by atomic mass is 35.5. The van der Waals surface area contributed by atoms with Gasteiger partial charge in [-0.1, -0.05) is 23.7 Å². The number of benzene rings is 1. The van der Waals surface area contributed by atoms with E-state index < -0.39 is 0 Å². The summed E-state index contributed by atoms with van der Waals surface area (Å²) in [5, 5.41) is 8.83. The van der Waals surface area contributed by atoms with Crippen LogP contribution in [0.3, 0.4) is 0 Å². The number of halogens is 1. The zero-order valence-electron chi connectivity index (χ0n) is 9.26. The summed E-state index contributed by atoms with van der Waals surface area (Å²) >= 11 is 5.99. The van der Waals surface area contributed by atoms with Crippen molar-refractivity contribution < 1.29 is 0 Å². The van der Waals surface area contributed by atoms with Gasteiger partial charge in [-0.25, -0.2) is 0 Å². The third kappa shape index (κ3) is 1.78. The van der Waals surface area contributed by atoms with E-state index in [2.05, 4.69) is 10.2 Å². The Labute approximate surface area is 104 Å². The molecule has 0 saturated heterocycles. The Balaban J connectivity index is 2.20. The lowest BCUT2D eigenvalue weighted by Crippen LogP contribution is -1.89. The molecule has 0 bridgehead atoms. The van der Waals surface area contributed by atoms with E-state index >= 15 is 0 Å². The second-order valence-electron chi connectivity index (χ2n) is 3.90. The molecule has 0 saturated carbocycles. The number of hydrogen-bond donors (Lipinski definition) is 0. The summed E-state index contributed by atoms with van der Waals surface area (Å²) in [6.07, 6.45) is 2.02. The van der Waals surface area contributed by atoms with Crippen LogP contribution in [0.25, 0.3) is 16.8 Å². The van der Waals surface area contributed by atoms with Gasteiger partial charge in [0.05, 0.1) is 0 Å².